The van der Waals surface area contributed by atoms with E-state index < -0.39 is 12.5 Å². The van der Waals surface area contributed by atoms with Gasteiger partial charge in [-0.1, -0.05) is 30.3 Å². The van der Waals surface area contributed by atoms with Crippen molar-refractivity contribution in [2.24, 2.45) is 0 Å². The summed E-state index contributed by atoms with van der Waals surface area (Å²) in [6, 6.07) is 17.1. The van der Waals surface area contributed by atoms with Gasteiger partial charge in [0.05, 0.1) is 11.9 Å². The first-order chi connectivity index (χ1) is 13.6. The molecule has 0 atom stereocenters. The molecule has 0 saturated heterocycles. The number of nitrogens with zero attached hydrogens (tertiary/aromatic N) is 3. The summed E-state index contributed by atoms with van der Waals surface area (Å²) in [5.41, 5.74) is 2.89. The van der Waals surface area contributed by atoms with Gasteiger partial charge in [-0.25, -0.2) is 9.50 Å². The van der Waals surface area contributed by atoms with Crippen LogP contribution < -0.4 is 10.1 Å². The molecule has 4 aromatic rings. The first kappa shape index (κ1) is 17.6. The molecule has 1 N–H and O–H groups in total. The van der Waals surface area contributed by atoms with Crippen LogP contribution in [0, 0.1) is 0 Å². The highest BCUT2D eigenvalue weighted by molar-refractivity contribution is 6.08. The summed E-state index contributed by atoms with van der Waals surface area (Å²) in [6.07, 6.45) is 3.06. The number of aromatic nitrogens is 3. The van der Waals surface area contributed by atoms with Crippen molar-refractivity contribution < 1.29 is 18.3 Å². The van der Waals surface area contributed by atoms with E-state index in [4.69, 9.17) is 0 Å². The molecule has 140 valence electrons. The average molecular weight is 380 g/mol. The molecule has 0 saturated carbocycles. The molecule has 2 aromatic carbocycles. The van der Waals surface area contributed by atoms with E-state index in [0.717, 1.165) is 11.3 Å². The van der Waals surface area contributed by atoms with Crippen LogP contribution in [0.4, 0.5) is 14.5 Å². The molecule has 6 nitrogen and oxygen atoms in total. The SMILES string of the molecule is O=C(Nc1ccc(OC(F)F)cc1)c1cnn2c(-c3ccccc3)ccnc12. The topological polar surface area (TPSA) is 68.5 Å². The van der Waals surface area contributed by atoms with Crippen LogP contribution in [0.2, 0.25) is 0 Å². The Bertz CT molecular complexity index is 1110. The van der Waals surface area contributed by atoms with Crippen LogP contribution >= 0.6 is 0 Å². The minimum atomic E-state index is -2.90. The Balaban J connectivity index is 1.60. The van der Waals surface area contributed by atoms with Gasteiger partial charge in [0, 0.05) is 17.4 Å². The fourth-order valence-electron chi connectivity index (χ4n) is 2.80. The lowest BCUT2D eigenvalue weighted by Gasteiger charge is -2.07. The highest BCUT2D eigenvalue weighted by Crippen LogP contribution is 2.22. The van der Waals surface area contributed by atoms with Crippen LogP contribution in [0.25, 0.3) is 16.9 Å². The lowest BCUT2D eigenvalue weighted by Crippen LogP contribution is -2.12. The third kappa shape index (κ3) is 3.52. The van der Waals surface area contributed by atoms with E-state index in [1.54, 1.807) is 10.7 Å². The number of halogens is 2. The summed E-state index contributed by atoms with van der Waals surface area (Å²) in [5.74, 6) is -0.395. The molecule has 8 heteroatoms. The van der Waals surface area contributed by atoms with E-state index in [0.29, 0.717) is 16.9 Å². The van der Waals surface area contributed by atoms with Crippen LogP contribution in [0.15, 0.2) is 73.1 Å². The Labute approximate surface area is 158 Å². The van der Waals surface area contributed by atoms with E-state index in [-0.39, 0.29) is 5.75 Å². The minimum Gasteiger partial charge on any atom is -0.435 e. The van der Waals surface area contributed by atoms with Crippen molar-refractivity contribution >= 4 is 17.2 Å². The van der Waals surface area contributed by atoms with Crippen molar-refractivity contribution in [3.8, 4) is 17.0 Å². The molecular formula is C20H14F2N4O2. The molecule has 2 aromatic heterocycles. The number of carbonyl (C=O) groups is 1. The van der Waals surface area contributed by atoms with Gasteiger partial charge >= 0.3 is 6.61 Å². The lowest BCUT2D eigenvalue weighted by molar-refractivity contribution is -0.0498. The molecule has 0 fully saturated rings. The standard InChI is InChI=1S/C20H14F2N4O2/c21-20(22)28-15-8-6-14(7-9-15)25-19(27)16-12-24-26-17(10-11-23-18(16)26)13-4-2-1-3-5-13/h1-12,20H,(H,25,27). The fraction of sp³-hybridized carbons (Fsp3) is 0.0500. The Morgan fingerprint density at radius 3 is 2.50 bits per heavy atom. The average Bonchev–Trinajstić information content (AvgIpc) is 3.14. The second-order valence-electron chi connectivity index (χ2n) is 5.85. The number of fused-ring (bicyclic) bond motifs is 1. The van der Waals surface area contributed by atoms with Crippen LogP contribution in [0.3, 0.4) is 0 Å². The first-order valence-corrected chi connectivity index (χ1v) is 8.36. The van der Waals surface area contributed by atoms with Crippen LogP contribution in [-0.2, 0) is 0 Å². The predicted octanol–water partition coefficient (Wildman–Crippen LogP) is 4.25. The van der Waals surface area contributed by atoms with Gasteiger partial charge in [-0.3, -0.25) is 4.79 Å². The summed E-state index contributed by atoms with van der Waals surface area (Å²) in [4.78, 5) is 16.9. The van der Waals surface area contributed by atoms with Crippen molar-refractivity contribution in [2.45, 2.75) is 6.61 Å². The van der Waals surface area contributed by atoms with E-state index in [9.17, 15) is 13.6 Å². The van der Waals surface area contributed by atoms with Gasteiger partial charge in [0.2, 0.25) is 0 Å². The zero-order valence-electron chi connectivity index (χ0n) is 14.4. The van der Waals surface area contributed by atoms with E-state index in [1.165, 1.54) is 30.5 Å². The summed E-state index contributed by atoms with van der Waals surface area (Å²) in [7, 11) is 0. The maximum atomic E-state index is 12.6. The normalized spacial score (nSPS) is 11.0. The van der Waals surface area contributed by atoms with Gasteiger partial charge in [0.1, 0.15) is 11.3 Å². The number of rotatable bonds is 5. The molecule has 0 aliphatic carbocycles. The number of ether oxygens (including phenoxy) is 1. The Morgan fingerprint density at radius 1 is 1.04 bits per heavy atom. The zero-order chi connectivity index (χ0) is 19.5. The maximum absolute atomic E-state index is 12.6. The lowest BCUT2D eigenvalue weighted by atomic mass is 10.1. The molecule has 0 spiro atoms. The zero-order valence-corrected chi connectivity index (χ0v) is 14.4. The summed E-state index contributed by atoms with van der Waals surface area (Å²) in [6.45, 7) is -2.90. The fourth-order valence-corrected chi connectivity index (χ4v) is 2.80. The third-order valence-electron chi connectivity index (χ3n) is 4.05. The predicted molar refractivity (Wildman–Crippen MR) is 99.5 cm³/mol. The summed E-state index contributed by atoms with van der Waals surface area (Å²) >= 11 is 0. The second-order valence-corrected chi connectivity index (χ2v) is 5.85. The summed E-state index contributed by atoms with van der Waals surface area (Å²) < 4.78 is 30.3. The van der Waals surface area contributed by atoms with Crippen LogP contribution in [0.5, 0.6) is 5.75 Å². The molecular weight excluding hydrogens is 366 g/mol. The number of amides is 1. The number of nitrogens with one attached hydrogen (secondary N) is 1. The monoisotopic (exact) mass is 380 g/mol. The van der Waals surface area contributed by atoms with Crippen molar-refractivity contribution in [1.29, 1.82) is 0 Å². The molecule has 2 heterocycles. The number of hydrogen-bond acceptors (Lipinski definition) is 4. The van der Waals surface area contributed by atoms with Crippen LogP contribution in [0.1, 0.15) is 10.4 Å². The molecule has 0 radical (unpaired) electrons. The van der Waals surface area contributed by atoms with E-state index in [2.05, 4.69) is 20.1 Å². The van der Waals surface area contributed by atoms with E-state index >= 15 is 0 Å². The Hall–Kier alpha value is -3.81. The quantitative estimate of drug-likeness (QED) is 0.562. The molecule has 0 unspecified atom stereocenters. The third-order valence-corrected chi connectivity index (χ3v) is 4.05. The van der Waals surface area contributed by atoms with Gasteiger partial charge < -0.3 is 10.1 Å². The van der Waals surface area contributed by atoms with E-state index in [1.807, 2.05) is 36.4 Å². The smallest absolute Gasteiger partial charge is 0.387 e. The minimum absolute atomic E-state index is 0.0122. The van der Waals surface area contributed by atoms with Crippen molar-refractivity contribution in [3.63, 3.8) is 0 Å². The van der Waals surface area contributed by atoms with Gasteiger partial charge in [0.25, 0.3) is 5.91 Å². The van der Waals surface area contributed by atoms with Gasteiger partial charge in [-0.05, 0) is 30.3 Å². The molecule has 4 rings (SSSR count). The second kappa shape index (κ2) is 7.43. The molecule has 0 bridgehead atoms. The van der Waals surface area contributed by atoms with Crippen molar-refractivity contribution in [3.05, 3.63) is 78.6 Å². The van der Waals surface area contributed by atoms with Gasteiger partial charge in [-0.2, -0.15) is 13.9 Å². The van der Waals surface area contributed by atoms with Crippen molar-refractivity contribution in [1.82, 2.24) is 14.6 Å². The van der Waals surface area contributed by atoms with Gasteiger partial charge in [0.15, 0.2) is 5.65 Å². The molecule has 0 aliphatic rings. The highest BCUT2D eigenvalue weighted by atomic mass is 19.3. The number of hydrogen-bond donors (Lipinski definition) is 1. The number of anilines is 1. The Morgan fingerprint density at radius 2 is 1.79 bits per heavy atom. The number of alkyl halides is 2. The van der Waals surface area contributed by atoms with Crippen LogP contribution in [-0.4, -0.2) is 27.1 Å². The first-order valence-electron chi connectivity index (χ1n) is 8.36. The Kier molecular flexibility index (Phi) is 4.67. The molecule has 0 aliphatic heterocycles. The largest absolute Gasteiger partial charge is 0.435 e. The number of benzene rings is 2. The highest BCUT2D eigenvalue weighted by Gasteiger charge is 2.16. The number of carbonyl (C=O) groups excluding carboxylic acids is 1. The maximum Gasteiger partial charge on any atom is 0.387 e. The molecule has 28 heavy (non-hydrogen) atoms. The molecule has 1 amide bonds. The van der Waals surface area contributed by atoms with Crippen molar-refractivity contribution in [2.75, 3.05) is 5.32 Å². The summed E-state index contributed by atoms with van der Waals surface area (Å²) in [5, 5.41) is 7.00. The van der Waals surface area contributed by atoms with Gasteiger partial charge in [-0.15, -0.1) is 0 Å².